The minimum absolute atomic E-state index is 0.127. The van der Waals surface area contributed by atoms with Crippen molar-refractivity contribution in [2.75, 3.05) is 18.9 Å². The summed E-state index contributed by atoms with van der Waals surface area (Å²) >= 11 is 0. The van der Waals surface area contributed by atoms with Crippen LogP contribution in [0.4, 0.5) is 0 Å². The Kier molecular flexibility index (Phi) is 6.14. The largest absolute Gasteiger partial charge is 0.465 e. The van der Waals surface area contributed by atoms with Crippen LogP contribution >= 0.6 is 0 Å². The molecule has 0 atom stereocenters. The minimum atomic E-state index is -3.27. The molecule has 5 nitrogen and oxygen atoms in total. The van der Waals surface area contributed by atoms with Crippen LogP contribution in [0.3, 0.4) is 0 Å². The average Bonchev–Trinajstić information content (AvgIpc) is 2.14. The van der Waals surface area contributed by atoms with Crippen molar-refractivity contribution < 1.29 is 17.9 Å². The van der Waals surface area contributed by atoms with Gasteiger partial charge in [-0.25, -0.2) is 8.42 Å². The zero-order chi connectivity index (χ0) is 11.0. The highest BCUT2D eigenvalue weighted by Crippen LogP contribution is 1.94. The first kappa shape index (κ1) is 13.1. The second-order valence-electron chi connectivity index (χ2n) is 2.65. The van der Waals surface area contributed by atoms with Crippen molar-refractivity contribution in [3.8, 4) is 0 Å². The summed E-state index contributed by atoms with van der Waals surface area (Å²) < 4.78 is 26.4. The predicted octanol–water partition coefficient (Wildman–Crippen LogP) is -0.173. The zero-order valence-corrected chi connectivity index (χ0v) is 8.76. The van der Waals surface area contributed by atoms with Gasteiger partial charge in [-0.1, -0.05) is 6.58 Å². The smallest absolute Gasteiger partial charge is 0.305 e. The van der Waals surface area contributed by atoms with Crippen molar-refractivity contribution in [1.29, 1.82) is 0 Å². The van der Waals surface area contributed by atoms with Gasteiger partial charge >= 0.3 is 5.97 Å². The fraction of sp³-hybridized carbons (Fsp3) is 0.625. The van der Waals surface area contributed by atoms with Gasteiger partial charge in [-0.3, -0.25) is 4.79 Å². The van der Waals surface area contributed by atoms with Crippen LogP contribution in [0.25, 0.3) is 0 Å². The molecule has 0 aromatic heterocycles. The Morgan fingerprint density at radius 1 is 1.50 bits per heavy atom. The van der Waals surface area contributed by atoms with E-state index in [9.17, 15) is 13.2 Å². The number of ether oxygens (including phenoxy) is 1. The maximum Gasteiger partial charge on any atom is 0.305 e. The first-order chi connectivity index (χ1) is 6.52. The maximum atomic E-state index is 10.9. The molecule has 0 saturated carbocycles. The topological polar surface area (TPSA) is 86.5 Å². The molecule has 0 unspecified atom stereocenters. The van der Waals surface area contributed by atoms with Crippen molar-refractivity contribution in [1.82, 2.24) is 0 Å². The molecule has 0 spiro atoms. The molecule has 0 radical (unpaired) electrons. The van der Waals surface area contributed by atoms with Crippen LogP contribution in [-0.2, 0) is 19.4 Å². The van der Waals surface area contributed by atoms with Crippen LogP contribution in [0.2, 0.25) is 0 Å². The van der Waals surface area contributed by atoms with Gasteiger partial charge in [0.05, 0.1) is 5.75 Å². The molecule has 0 saturated heterocycles. The Hall–Kier alpha value is -0.880. The molecular weight excluding hydrogens is 206 g/mol. The van der Waals surface area contributed by atoms with Gasteiger partial charge in [0.2, 0.25) is 0 Å². The van der Waals surface area contributed by atoms with Gasteiger partial charge in [-0.15, -0.1) is 0 Å². The molecule has 14 heavy (non-hydrogen) atoms. The molecule has 0 amide bonds. The lowest BCUT2D eigenvalue weighted by Gasteiger charge is -2.02. The molecule has 0 bridgehead atoms. The molecule has 0 heterocycles. The van der Waals surface area contributed by atoms with E-state index in [1.54, 1.807) is 0 Å². The van der Waals surface area contributed by atoms with E-state index in [1.165, 1.54) is 0 Å². The van der Waals surface area contributed by atoms with E-state index >= 15 is 0 Å². The van der Waals surface area contributed by atoms with Gasteiger partial charge in [0.1, 0.15) is 6.61 Å². The molecule has 0 rings (SSSR count). The molecule has 0 fully saturated rings. The van der Waals surface area contributed by atoms with Crippen molar-refractivity contribution in [2.45, 2.75) is 12.8 Å². The van der Waals surface area contributed by atoms with E-state index in [0.29, 0.717) is 13.0 Å². The van der Waals surface area contributed by atoms with E-state index in [-0.39, 0.29) is 18.8 Å². The second kappa shape index (κ2) is 6.56. The van der Waals surface area contributed by atoms with E-state index < -0.39 is 15.8 Å². The zero-order valence-electron chi connectivity index (χ0n) is 7.94. The fourth-order valence-corrected chi connectivity index (χ4v) is 1.16. The van der Waals surface area contributed by atoms with Crippen LogP contribution in [0.5, 0.6) is 0 Å². The van der Waals surface area contributed by atoms with Crippen LogP contribution in [0.15, 0.2) is 12.0 Å². The minimum Gasteiger partial charge on any atom is -0.465 e. The van der Waals surface area contributed by atoms with E-state index in [1.807, 2.05) is 0 Å². The van der Waals surface area contributed by atoms with Gasteiger partial charge < -0.3 is 10.5 Å². The second-order valence-corrected chi connectivity index (χ2v) is 4.71. The molecule has 0 aliphatic heterocycles. The monoisotopic (exact) mass is 221 g/mol. The summed E-state index contributed by atoms with van der Waals surface area (Å²) in [5.74, 6) is -0.639. The first-order valence-corrected chi connectivity index (χ1v) is 5.94. The molecule has 0 aliphatic carbocycles. The van der Waals surface area contributed by atoms with Crippen molar-refractivity contribution in [3.05, 3.63) is 12.0 Å². The summed E-state index contributed by atoms with van der Waals surface area (Å²) in [6.45, 7) is 3.42. The third kappa shape index (κ3) is 6.62. The number of carbonyl (C=O) groups is 1. The molecule has 6 heteroatoms. The summed E-state index contributed by atoms with van der Waals surface area (Å²) in [5, 5.41) is 0.848. The number of esters is 1. The quantitative estimate of drug-likeness (QED) is 0.603. The summed E-state index contributed by atoms with van der Waals surface area (Å²) in [6.07, 6.45) is 0.775. The average molecular weight is 221 g/mol. The van der Waals surface area contributed by atoms with Crippen molar-refractivity contribution in [2.24, 2.45) is 5.73 Å². The fourth-order valence-electron chi connectivity index (χ4n) is 0.674. The highest BCUT2D eigenvalue weighted by Gasteiger charge is 2.07. The lowest BCUT2D eigenvalue weighted by molar-refractivity contribution is -0.143. The predicted molar refractivity (Wildman–Crippen MR) is 53.2 cm³/mol. The number of nitrogens with two attached hydrogens (primary N) is 1. The van der Waals surface area contributed by atoms with Crippen LogP contribution < -0.4 is 5.73 Å². The summed E-state index contributed by atoms with van der Waals surface area (Å²) in [4.78, 5) is 10.9. The SMILES string of the molecule is C=CS(=O)(=O)CCOC(=O)CCCN. The van der Waals surface area contributed by atoms with Gasteiger partial charge in [0.25, 0.3) is 0 Å². The van der Waals surface area contributed by atoms with Gasteiger partial charge in [-0.2, -0.15) is 0 Å². The number of rotatable bonds is 7. The number of hydrogen-bond donors (Lipinski definition) is 1. The van der Waals surface area contributed by atoms with Crippen LogP contribution in [0, 0.1) is 0 Å². The van der Waals surface area contributed by atoms with E-state index in [2.05, 4.69) is 11.3 Å². The third-order valence-corrected chi connectivity index (χ3v) is 2.71. The third-order valence-electron chi connectivity index (χ3n) is 1.47. The Balaban J connectivity index is 3.64. The summed E-state index contributed by atoms with van der Waals surface area (Å²) in [7, 11) is -3.27. The lowest BCUT2D eigenvalue weighted by Crippen LogP contribution is -2.14. The Bertz CT molecular complexity index is 284. The molecule has 82 valence electrons. The van der Waals surface area contributed by atoms with Gasteiger partial charge in [0.15, 0.2) is 9.84 Å². The highest BCUT2D eigenvalue weighted by atomic mass is 32.2. The van der Waals surface area contributed by atoms with Crippen LogP contribution in [-0.4, -0.2) is 33.3 Å². The van der Waals surface area contributed by atoms with Crippen LogP contribution in [0.1, 0.15) is 12.8 Å². The van der Waals surface area contributed by atoms with E-state index in [0.717, 1.165) is 5.41 Å². The van der Waals surface area contributed by atoms with E-state index in [4.69, 9.17) is 5.73 Å². The standard InChI is InChI=1S/C8H15NO4S/c1-2-14(11,12)7-6-13-8(10)4-3-5-9/h2H,1,3-7,9H2. The Labute approximate surface area is 83.8 Å². The number of sulfone groups is 1. The molecule has 0 aromatic rings. The van der Waals surface area contributed by atoms with Gasteiger partial charge in [0, 0.05) is 11.8 Å². The number of hydrogen-bond acceptors (Lipinski definition) is 5. The lowest BCUT2D eigenvalue weighted by atomic mass is 10.3. The normalized spacial score (nSPS) is 10.9. The summed E-state index contributed by atoms with van der Waals surface area (Å²) in [5.41, 5.74) is 5.18. The maximum absolute atomic E-state index is 10.9. The first-order valence-electron chi connectivity index (χ1n) is 4.22. The van der Waals surface area contributed by atoms with Crippen molar-refractivity contribution in [3.63, 3.8) is 0 Å². The number of carbonyl (C=O) groups excluding carboxylic acids is 1. The van der Waals surface area contributed by atoms with Gasteiger partial charge in [-0.05, 0) is 13.0 Å². The Morgan fingerprint density at radius 3 is 2.64 bits per heavy atom. The molecule has 0 aromatic carbocycles. The molecule has 0 aliphatic rings. The van der Waals surface area contributed by atoms with Crippen molar-refractivity contribution >= 4 is 15.8 Å². The summed E-state index contributed by atoms with van der Waals surface area (Å²) in [6, 6.07) is 0. The highest BCUT2D eigenvalue weighted by molar-refractivity contribution is 7.94. The molecule has 2 N–H and O–H groups in total. The Morgan fingerprint density at radius 2 is 2.14 bits per heavy atom. The molecular formula is C8H15NO4S.